The van der Waals surface area contributed by atoms with Crippen molar-refractivity contribution in [2.24, 2.45) is 0 Å². The number of hydrogen-bond donors (Lipinski definition) is 1. The van der Waals surface area contributed by atoms with E-state index < -0.39 is 0 Å². The summed E-state index contributed by atoms with van der Waals surface area (Å²) in [5.74, 6) is 0.425. The van der Waals surface area contributed by atoms with Crippen LogP contribution in [-0.2, 0) is 0 Å². The van der Waals surface area contributed by atoms with E-state index in [4.69, 9.17) is 4.42 Å². The lowest BCUT2D eigenvalue weighted by Gasteiger charge is -2.11. The molecule has 0 aliphatic carbocycles. The topological polar surface area (TPSA) is 46.0 Å². The Kier molecular flexibility index (Phi) is 2.62. The molecule has 3 heteroatoms. The third-order valence-corrected chi connectivity index (χ3v) is 2.87. The average Bonchev–Trinajstić information content (AvgIpc) is 2.55. The maximum Gasteiger partial charge on any atom is 0.417 e. The Hall–Kier alpha value is -1.51. The van der Waals surface area contributed by atoms with Gasteiger partial charge in [0.2, 0.25) is 0 Å². The van der Waals surface area contributed by atoms with E-state index in [1.54, 1.807) is 0 Å². The predicted octanol–water partition coefficient (Wildman–Crippen LogP) is 3.37. The van der Waals surface area contributed by atoms with Gasteiger partial charge in [0.25, 0.3) is 0 Å². The Balaban J connectivity index is 2.78. The summed E-state index contributed by atoms with van der Waals surface area (Å²) in [5, 5.41) is 0. The van der Waals surface area contributed by atoms with Crippen LogP contribution in [0.2, 0.25) is 0 Å². The zero-order valence-corrected chi connectivity index (χ0v) is 10.1. The fraction of sp³-hybridized carbons (Fsp3) is 0.462. The second-order valence-electron chi connectivity index (χ2n) is 4.81. The number of H-pyrrole nitrogens is 1. The number of aromatic amines is 1. The van der Waals surface area contributed by atoms with Crippen molar-refractivity contribution in [2.75, 3.05) is 0 Å². The number of aromatic nitrogens is 1. The van der Waals surface area contributed by atoms with Crippen molar-refractivity contribution < 1.29 is 4.42 Å². The lowest BCUT2D eigenvalue weighted by atomic mass is 9.94. The van der Waals surface area contributed by atoms with Gasteiger partial charge in [-0.2, -0.15) is 0 Å². The summed E-state index contributed by atoms with van der Waals surface area (Å²) < 4.78 is 5.14. The van der Waals surface area contributed by atoms with Crippen molar-refractivity contribution in [3.05, 3.63) is 33.8 Å². The normalized spacial score (nSPS) is 11.9. The van der Waals surface area contributed by atoms with Gasteiger partial charge in [-0.3, -0.25) is 4.98 Å². The van der Waals surface area contributed by atoms with Gasteiger partial charge in [0.15, 0.2) is 5.58 Å². The largest absolute Gasteiger partial charge is 0.417 e. The molecular formula is C13H17NO2. The third kappa shape index (κ3) is 1.77. The number of fused-ring (bicyclic) bond motifs is 1. The van der Waals surface area contributed by atoms with E-state index >= 15 is 0 Å². The van der Waals surface area contributed by atoms with Gasteiger partial charge in [-0.05, 0) is 29.0 Å². The van der Waals surface area contributed by atoms with Gasteiger partial charge in [0.1, 0.15) is 0 Å². The maximum atomic E-state index is 11.2. The van der Waals surface area contributed by atoms with E-state index in [2.05, 4.69) is 38.7 Å². The molecule has 1 aromatic carbocycles. The second-order valence-corrected chi connectivity index (χ2v) is 4.81. The highest BCUT2D eigenvalue weighted by Gasteiger charge is 2.13. The predicted molar refractivity (Wildman–Crippen MR) is 65.0 cm³/mol. The van der Waals surface area contributed by atoms with Crippen LogP contribution < -0.4 is 5.76 Å². The molecule has 2 rings (SSSR count). The molecular weight excluding hydrogens is 202 g/mol. The Morgan fingerprint density at radius 1 is 1.12 bits per heavy atom. The molecule has 0 fully saturated rings. The minimum absolute atomic E-state index is 0.370. The number of oxazole rings is 1. The molecule has 0 amide bonds. The lowest BCUT2D eigenvalue weighted by Crippen LogP contribution is -1.97. The molecule has 0 unspecified atom stereocenters. The summed E-state index contributed by atoms with van der Waals surface area (Å²) in [6.45, 7) is 8.50. The van der Waals surface area contributed by atoms with Crippen LogP contribution in [0.4, 0.5) is 0 Å². The second kappa shape index (κ2) is 3.81. The van der Waals surface area contributed by atoms with Crippen LogP contribution in [0.1, 0.15) is 50.7 Å². The molecule has 16 heavy (non-hydrogen) atoms. The minimum atomic E-state index is -0.377. The van der Waals surface area contributed by atoms with Crippen molar-refractivity contribution in [1.29, 1.82) is 0 Å². The first-order valence-electron chi connectivity index (χ1n) is 5.65. The van der Waals surface area contributed by atoms with Crippen LogP contribution in [0.3, 0.4) is 0 Å². The number of rotatable bonds is 2. The zero-order valence-electron chi connectivity index (χ0n) is 10.1. The summed E-state index contributed by atoms with van der Waals surface area (Å²) in [7, 11) is 0. The Morgan fingerprint density at radius 2 is 1.81 bits per heavy atom. The first-order valence-corrected chi connectivity index (χ1v) is 5.65. The molecule has 0 saturated heterocycles. The summed E-state index contributed by atoms with van der Waals surface area (Å²) in [6.07, 6.45) is 0. The molecule has 0 aliphatic heterocycles. The molecule has 0 radical (unpaired) electrons. The molecule has 86 valence electrons. The van der Waals surface area contributed by atoms with Gasteiger partial charge < -0.3 is 4.42 Å². The van der Waals surface area contributed by atoms with E-state index in [1.165, 1.54) is 5.56 Å². The standard InChI is InChI=1S/C13H17NO2/c1-7(2)9-5-10(8(3)4)12-11(6-9)16-13(15)14-12/h5-8H,1-4H3,(H,14,15). The maximum absolute atomic E-state index is 11.2. The minimum Gasteiger partial charge on any atom is -0.408 e. The van der Waals surface area contributed by atoms with E-state index in [0.29, 0.717) is 17.4 Å². The lowest BCUT2D eigenvalue weighted by molar-refractivity contribution is 0.554. The van der Waals surface area contributed by atoms with Gasteiger partial charge in [0.05, 0.1) is 5.52 Å². The van der Waals surface area contributed by atoms with Gasteiger partial charge in [-0.1, -0.05) is 33.8 Å². The molecule has 0 bridgehead atoms. The third-order valence-electron chi connectivity index (χ3n) is 2.87. The molecule has 2 aromatic rings. The number of benzene rings is 1. The van der Waals surface area contributed by atoms with Crippen molar-refractivity contribution >= 4 is 11.1 Å². The molecule has 0 saturated carbocycles. The highest BCUT2D eigenvalue weighted by atomic mass is 16.4. The van der Waals surface area contributed by atoms with Gasteiger partial charge >= 0.3 is 5.76 Å². The molecule has 0 aliphatic rings. The number of hydrogen-bond acceptors (Lipinski definition) is 2. The van der Waals surface area contributed by atoms with Gasteiger partial charge in [-0.25, -0.2) is 4.79 Å². The van der Waals surface area contributed by atoms with Crippen molar-refractivity contribution in [3.63, 3.8) is 0 Å². The number of nitrogens with one attached hydrogen (secondary N) is 1. The van der Waals surface area contributed by atoms with Gasteiger partial charge in [-0.15, -0.1) is 0 Å². The fourth-order valence-corrected chi connectivity index (χ4v) is 1.89. The van der Waals surface area contributed by atoms with Crippen LogP contribution in [0, 0.1) is 0 Å². The van der Waals surface area contributed by atoms with E-state index in [9.17, 15) is 4.79 Å². The summed E-state index contributed by atoms with van der Waals surface area (Å²) in [5.41, 5.74) is 3.86. The molecule has 1 N–H and O–H groups in total. The molecule has 1 heterocycles. The van der Waals surface area contributed by atoms with Crippen LogP contribution in [0.25, 0.3) is 11.1 Å². The summed E-state index contributed by atoms with van der Waals surface area (Å²) in [4.78, 5) is 14.0. The molecule has 3 nitrogen and oxygen atoms in total. The van der Waals surface area contributed by atoms with Crippen molar-refractivity contribution in [2.45, 2.75) is 39.5 Å². The average molecular weight is 219 g/mol. The Morgan fingerprint density at radius 3 is 2.38 bits per heavy atom. The van der Waals surface area contributed by atoms with E-state index in [-0.39, 0.29) is 5.76 Å². The van der Waals surface area contributed by atoms with Gasteiger partial charge in [0, 0.05) is 0 Å². The molecule has 0 spiro atoms. The molecule has 1 aromatic heterocycles. The Labute approximate surface area is 94.5 Å². The highest BCUT2D eigenvalue weighted by Crippen LogP contribution is 2.28. The van der Waals surface area contributed by atoms with Crippen LogP contribution in [0.5, 0.6) is 0 Å². The van der Waals surface area contributed by atoms with E-state index in [0.717, 1.165) is 11.1 Å². The van der Waals surface area contributed by atoms with Crippen molar-refractivity contribution in [3.8, 4) is 0 Å². The quantitative estimate of drug-likeness (QED) is 0.841. The SMILES string of the molecule is CC(C)c1cc(C(C)C)c2[nH]c(=O)oc2c1. The first-order chi connectivity index (χ1) is 7.49. The first kappa shape index (κ1) is 11.0. The van der Waals surface area contributed by atoms with Crippen molar-refractivity contribution in [1.82, 2.24) is 4.98 Å². The van der Waals surface area contributed by atoms with E-state index in [1.807, 2.05) is 6.07 Å². The summed E-state index contributed by atoms with van der Waals surface area (Å²) in [6, 6.07) is 4.10. The fourth-order valence-electron chi connectivity index (χ4n) is 1.89. The highest BCUT2D eigenvalue weighted by molar-refractivity contribution is 5.78. The smallest absolute Gasteiger partial charge is 0.408 e. The Bertz CT molecular complexity index is 561. The summed E-state index contributed by atoms with van der Waals surface area (Å²) >= 11 is 0. The monoisotopic (exact) mass is 219 g/mol. The molecule has 0 atom stereocenters. The zero-order chi connectivity index (χ0) is 11.9. The van der Waals surface area contributed by atoms with Crippen LogP contribution in [0.15, 0.2) is 21.3 Å². The van der Waals surface area contributed by atoms with Crippen LogP contribution >= 0.6 is 0 Å². The van der Waals surface area contributed by atoms with Crippen LogP contribution in [-0.4, -0.2) is 4.98 Å².